The number of nitrogens with zero attached hydrogens (tertiary/aromatic N) is 1. The molecule has 2 aliphatic carbocycles. The molecule has 0 aromatic carbocycles. The third kappa shape index (κ3) is 2.34. The maximum absolute atomic E-state index is 5.73. The van der Waals surface area contributed by atoms with Gasteiger partial charge >= 0.3 is 0 Å². The van der Waals surface area contributed by atoms with Crippen LogP contribution in [0.25, 0.3) is 0 Å². The Morgan fingerprint density at radius 2 is 1.91 bits per heavy atom. The minimum atomic E-state index is 0.809. The van der Waals surface area contributed by atoms with Crippen molar-refractivity contribution in [2.24, 2.45) is 5.92 Å². The van der Waals surface area contributed by atoms with Crippen molar-refractivity contribution in [3.63, 3.8) is 0 Å². The van der Waals surface area contributed by atoms with Gasteiger partial charge in [-0.1, -0.05) is 0 Å². The minimum absolute atomic E-state index is 0.809. The van der Waals surface area contributed by atoms with Crippen LogP contribution >= 0.6 is 11.6 Å². The molecule has 0 atom stereocenters. The molecular weight excluding hydrogens is 158 g/mol. The zero-order valence-corrected chi connectivity index (χ0v) is 7.69. The Kier molecular flexibility index (Phi) is 2.38. The molecule has 0 N–H and O–H groups in total. The Morgan fingerprint density at radius 3 is 2.36 bits per heavy atom. The molecule has 0 radical (unpaired) electrons. The smallest absolute Gasteiger partial charge is 0.0351 e. The average molecular weight is 174 g/mol. The summed E-state index contributed by atoms with van der Waals surface area (Å²) in [5.74, 6) is 1.84. The Balaban J connectivity index is 1.72. The largest absolute Gasteiger partial charge is 0.299 e. The van der Waals surface area contributed by atoms with Gasteiger partial charge in [-0.15, -0.1) is 11.6 Å². The van der Waals surface area contributed by atoms with Crippen molar-refractivity contribution in [1.82, 2.24) is 4.90 Å². The van der Waals surface area contributed by atoms with E-state index in [4.69, 9.17) is 11.6 Å². The Hall–Kier alpha value is 0.250. The third-order valence-corrected chi connectivity index (χ3v) is 2.79. The average Bonchev–Trinajstić information content (AvgIpc) is 2.84. The van der Waals surface area contributed by atoms with Crippen LogP contribution in [0.3, 0.4) is 0 Å². The Labute approximate surface area is 73.7 Å². The summed E-state index contributed by atoms with van der Waals surface area (Å²) in [4.78, 5) is 2.59. The van der Waals surface area contributed by atoms with Crippen LogP contribution in [-0.4, -0.2) is 29.9 Å². The summed E-state index contributed by atoms with van der Waals surface area (Å²) < 4.78 is 0. The fraction of sp³-hybridized carbons (Fsp3) is 1.00. The number of hydrogen-bond donors (Lipinski definition) is 0. The van der Waals surface area contributed by atoms with Crippen molar-refractivity contribution in [2.75, 3.05) is 19.0 Å². The lowest BCUT2D eigenvalue weighted by molar-refractivity contribution is 0.268. The highest BCUT2D eigenvalue weighted by Crippen LogP contribution is 2.34. The molecule has 2 saturated carbocycles. The van der Waals surface area contributed by atoms with Crippen LogP contribution in [0.5, 0.6) is 0 Å². The summed E-state index contributed by atoms with van der Waals surface area (Å²) in [6.45, 7) is 2.44. The third-order valence-electron chi connectivity index (χ3n) is 2.62. The highest BCUT2D eigenvalue weighted by atomic mass is 35.5. The second kappa shape index (κ2) is 3.32. The van der Waals surface area contributed by atoms with E-state index in [1.165, 1.54) is 32.2 Å². The lowest BCUT2D eigenvalue weighted by Gasteiger charge is -2.19. The van der Waals surface area contributed by atoms with Gasteiger partial charge in [-0.2, -0.15) is 0 Å². The second-order valence-electron chi connectivity index (χ2n) is 3.86. The van der Waals surface area contributed by atoms with E-state index in [9.17, 15) is 0 Å². The first-order valence-corrected chi connectivity index (χ1v) is 5.23. The molecule has 0 aromatic rings. The number of alkyl halides is 1. The van der Waals surface area contributed by atoms with Crippen LogP contribution in [0.4, 0.5) is 0 Å². The highest BCUT2D eigenvalue weighted by molar-refractivity contribution is 6.18. The lowest BCUT2D eigenvalue weighted by Crippen LogP contribution is -2.30. The summed E-state index contributed by atoms with van der Waals surface area (Å²) in [6.07, 6.45) is 5.77. The fourth-order valence-corrected chi connectivity index (χ4v) is 1.82. The van der Waals surface area contributed by atoms with Crippen molar-refractivity contribution in [3.8, 4) is 0 Å². The molecule has 0 saturated heterocycles. The van der Waals surface area contributed by atoms with Crippen molar-refractivity contribution >= 4 is 11.6 Å². The topological polar surface area (TPSA) is 3.24 Å². The first kappa shape index (κ1) is 7.88. The van der Waals surface area contributed by atoms with Gasteiger partial charge in [0.2, 0.25) is 0 Å². The van der Waals surface area contributed by atoms with Gasteiger partial charge in [0.25, 0.3) is 0 Å². The highest BCUT2D eigenvalue weighted by Gasteiger charge is 2.32. The quantitative estimate of drug-likeness (QED) is 0.576. The van der Waals surface area contributed by atoms with Gasteiger partial charge in [-0.25, -0.2) is 0 Å². The van der Waals surface area contributed by atoms with Gasteiger partial charge < -0.3 is 0 Å². The van der Waals surface area contributed by atoms with Gasteiger partial charge in [-0.05, 0) is 31.6 Å². The molecule has 0 spiro atoms. The van der Waals surface area contributed by atoms with E-state index in [2.05, 4.69) is 4.90 Å². The van der Waals surface area contributed by atoms with Gasteiger partial charge in [0.1, 0.15) is 0 Å². The van der Waals surface area contributed by atoms with E-state index < -0.39 is 0 Å². The molecule has 0 amide bonds. The lowest BCUT2D eigenvalue weighted by atomic mass is 10.3. The van der Waals surface area contributed by atoms with Crippen molar-refractivity contribution in [2.45, 2.75) is 31.7 Å². The molecule has 1 nitrogen and oxygen atoms in total. The van der Waals surface area contributed by atoms with Crippen LogP contribution in [0.2, 0.25) is 0 Å². The SMILES string of the molecule is ClCCN(CC1CC1)C1CC1. The van der Waals surface area contributed by atoms with E-state index in [0.717, 1.165) is 24.4 Å². The van der Waals surface area contributed by atoms with Crippen LogP contribution in [0.15, 0.2) is 0 Å². The van der Waals surface area contributed by atoms with Crippen LogP contribution in [0, 0.1) is 5.92 Å². The molecule has 2 aliphatic rings. The van der Waals surface area contributed by atoms with Crippen molar-refractivity contribution in [1.29, 1.82) is 0 Å². The predicted octanol–water partition coefficient (Wildman–Crippen LogP) is 2.10. The predicted molar refractivity (Wildman–Crippen MR) is 48.0 cm³/mol. The van der Waals surface area contributed by atoms with E-state index >= 15 is 0 Å². The van der Waals surface area contributed by atoms with Gasteiger partial charge in [-0.3, -0.25) is 4.90 Å². The Bertz CT molecular complexity index is 130. The van der Waals surface area contributed by atoms with Crippen molar-refractivity contribution in [3.05, 3.63) is 0 Å². The second-order valence-corrected chi connectivity index (χ2v) is 4.24. The van der Waals surface area contributed by atoms with E-state index in [1.54, 1.807) is 0 Å². The molecule has 0 aliphatic heterocycles. The van der Waals surface area contributed by atoms with Crippen LogP contribution in [0.1, 0.15) is 25.7 Å². The van der Waals surface area contributed by atoms with Crippen LogP contribution < -0.4 is 0 Å². The summed E-state index contributed by atoms with van der Waals surface area (Å²) in [6, 6.07) is 0.911. The first-order chi connectivity index (χ1) is 5.40. The number of hydrogen-bond acceptors (Lipinski definition) is 1. The molecule has 0 aromatic heterocycles. The monoisotopic (exact) mass is 173 g/mol. The number of halogens is 1. The molecular formula is C9H16ClN. The molecule has 0 bridgehead atoms. The summed E-state index contributed by atoms with van der Waals surface area (Å²) in [7, 11) is 0. The summed E-state index contributed by atoms with van der Waals surface area (Å²) in [5, 5.41) is 0. The zero-order valence-electron chi connectivity index (χ0n) is 6.93. The van der Waals surface area contributed by atoms with Crippen LogP contribution in [-0.2, 0) is 0 Å². The molecule has 0 heterocycles. The summed E-state index contributed by atoms with van der Waals surface area (Å²) in [5.41, 5.74) is 0. The zero-order chi connectivity index (χ0) is 7.68. The van der Waals surface area contributed by atoms with Gasteiger partial charge in [0, 0.05) is 25.0 Å². The van der Waals surface area contributed by atoms with E-state index in [1.807, 2.05) is 0 Å². The number of rotatable bonds is 5. The van der Waals surface area contributed by atoms with Gasteiger partial charge in [0.05, 0.1) is 0 Å². The van der Waals surface area contributed by atoms with E-state index in [0.29, 0.717) is 0 Å². The molecule has 64 valence electrons. The normalized spacial score (nSPS) is 24.5. The summed E-state index contributed by atoms with van der Waals surface area (Å²) >= 11 is 5.73. The maximum atomic E-state index is 5.73. The molecule has 2 fully saturated rings. The minimum Gasteiger partial charge on any atom is -0.299 e. The van der Waals surface area contributed by atoms with E-state index in [-0.39, 0.29) is 0 Å². The molecule has 0 unspecified atom stereocenters. The molecule has 2 heteroatoms. The Morgan fingerprint density at radius 1 is 1.18 bits per heavy atom. The standard InChI is InChI=1S/C9H16ClN/c10-5-6-11(9-3-4-9)7-8-1-2-8/h8-9H,1-7H2. The fourth-order valence-electron chi connectivity index (χ4n) is 1.60. The maximum Gasteiger partial charge on any atom is 0.0351 e. The molecule has 2 rings (SSSR count). The molecule has 11 heavy (non-hydrogen) atoms. The van der Waals surface area contributed by atoms with Crippen molar-refractivity contribution < 1.29 is 0 Å². The first-order valence-electron chi connectivity index (χ1n) is 4.70. The van der Waals surface area contributed by atoms with Gasteiger partial charge in [0.15, 0.2) is 0 Å².